The van der Waals surface area contributed by atoms with Crippen LogP contribution in [0, 0.1) is 5.92 Å². The number of nitrogens with zero attached hydrogens (tertiary/aromatic N) is 4. The zero-order valence-electron chi connectivity index (χ0n) is 23.5. The van der Waals surface area contributed by atoms with Gasteiger partial charge in [0.1, 0.15) is 5.75 Å². The van der Waals surface area contributed by atoms with Crippen LogP contribution in [0.15, 0.2) is 52.7 Å². The maximum absolute atomic E-state index is 12.2. The van der Waals surface area contributed by atoms with Crippen LogP contribution in [-0.4, -0.2) is 74.7 Å². The number of fused-ring (bicyclic) bond motifs is 1. The van der Waals surface area contributed by atoms with Crippen molar-refractivity contribution in [3.63, 3.8) is 0 Å². The number of allylic oxidation sites excluding steroid dienone is 4. The molecule has 2 atom stereocenters. The molecule has 1 aromatic rings. The quantitative estimate of drug-likeness (QED) is 0.248. The first-order valence-corrected chi connectivity index (χ1v) is 13.2. The van der Waals surface area contributed by atoms with E-state index in [1.54, 1.807) is 20.1 Å². The summed E-state index contributed by atoms with van der Waals surface area (Å²) in [6.07, 6.45) is 8.40. The highest BCUT2D eigenvalue weighted by molar-refractivity contribution is 6.06. The lowest BCUT2D eigenvalue weighted by Crippen LogP contribution is -2.59. The van der Waals surface area contributed by atoms with Gasteiger partial charge in [-0.2, -0.15) is 0 Å². The van der Waals surface area contributed by atoms with E-state index < -0.39 is 0 Å². The maximum Gasteiger partial charge on any atom is 0.154 e. The lowest BCUT2D eigenvalue weighted by Gasteiger charge is -2.49. The molecule has 0 radical (unpaired) electrons. The minimum Gasteiger partial charge on any atom is -0.495 e. The fourth-order valence-electron chi connectivity index (χ4n) is 4.96. The van der Waals surface area contributed by atoms with Crippen molar-refractivity contribution in [1.29, 1.82) is 0 Å². The van der Waals surface area contributed by atoms with Crippen molar-refractivity contribution < 1.29 is 9.53 Å². The SMILES string of the molecule is C\C=C(/C=C(C)\C(=N/C(=C\C(C)=O)c1ccc(OC)c(N(C)C)c1)C(C)CC)N1CCN2CCC2C1. The van der Waals surface area contributed by atoms with E-state index in [2.05, 4.69) is 49.6 Å². The van der Waals surface area contributed by atoms with Crippen molar-refractivity contribution in [3.8, 4) is 5.75 Å². The van der Waals surface area contributed by atoms with Crippen LogP contribution in [0.25, 0.3) is 5.70 Å². The van der Waals surface area contributed by atoms with Crippen molar-refractivity contribution in [3.05, 3.63) is 53.3 Å². The Kier molecular flexibility index (Phi) is 9.55. The summed E-state index contributed by atoms with van der Waals surface area (Å²) in [6, 6.07) is 6.65. The summed E-state index contributed by atoms with van der Waals surface area (Å²) < 4.78 is 5.54. The van der Waals surface area contributed by atoms with Crippen LogP contribution in [0.5, 0.6) is 5.75 Å². The number of hydrogen-bond acceptors (Lipinski definition) is 6. The molecule has 2 saturated heterocycles. The molecule has 0 amide bonds. The molecule has 2 aliphatic heterocycles. The van der Waals surface area contributed by atoms with Crippen molar-refractivity contribution in [2.24, 2.45) is 10.9 Å². The van der Waals surface area contributed by atoms with E-state index in [1.165, 1.54) is 18.7 Å². The fraction of sp³-hybridized carbons (Fsp3) is 0.533. The van der Waals surface area contributed by atoms with Crippen LogP contribution in [0.3, 0.4) is 0 Å². The Balaban J connectivity index is 2.01. The van der Waals surface area contributed by atoms with Crippen molar-refractivity contribution in [2.45, 2.75) is 53.5 Å². The number of carbonyl (C=O) groups is 1. The van der Waals surface area contributed by atoms with E-state index in [-0.39, 0.29) is 11.7 Å². The summed E-state index contributed by atoms with van der Waals surface area (Å²) in [5, 5.41) is 0. The number of hydrogen-bond donors (Lipinski definition) is 0. The first-order valence-electron chi connectivity index (χ1n) is 13.2. The Labute approximate surface area is 218 Å². The zero-order valence-corrected chi connectivity index (χ0v) is 23.5. The van der Waals surface area contributed by atoms with Crippen LogP contribution in [0.2, 0.25) is 0 Å². The van der Waals surface area contributed by atoms with Gasteiger partial charge in [-0.15, -0.1) is 0 Å². The molecular formula is C30H44N4O2. The third-order valence-electron chi connectivity index (χ3n) is 7.40. The van der Waals surface area contributed by atoms with Gasteiger partial charge >= 0.3 is 0 Å². The number of methoxy groups -OCH3 is 1. The fourth-order valence-corrected chi connectivity index (χ4v) is 4.96. The molecule has 0 spiro atoms. The van der Waals surface area contributed by atoms with Gasteiger partial charge in [-0.3, -0.25) is 14.7 Å². The number of ether oxygens (including phenoxy) is 1. The Bertz CT molecular complexity index is 1070. The average Bonchev–Trinajstić information content (AvgIpc) is 2.84. The largest absolute Gasteiger partial charge is 0.495 e. The van der Waals surface area contributed by atoms with Gasteiger partial charge in [0.25, 0.3) is 0 Å². The van der Waals surface area contributed by atoms with Crippen LogP contribution in [0.4, 0.5) is 5.69 Å². The molecule has 0 bridgehead atoms. The minimum absolute atomic E-state index is 0.0198. The van der Waals surface area contributed by atoms with E-state index in [4.69, 9.17) is 9.73 Å². The summed E-state index contributed by atoms with van der Waals surface area (Å²) in [5.74, 6) is 1.02. The number of rotatable bonds is 10. The average molecular weight is 493 g/mol. The predicted molar refractivity (Wildman–Crippen MR) is 152 cm³/mol. The summed E-state index contributed by atoms with van der Waals surface area (Å²) in [7, 11) is 5.64. The van der Waals surface area contributed by atoms with Gasteiger partial charge in [-0.05, 0) is 69.4 Å². The van der Waals surface area contributed by atoms with Crippen LogP contribution >= 0.6 is 0 Å². The predicted octanol–water partition coefficient (Wildman–Crippen LogP) is 5.42. The molecule has 2 unspecified atom stereocenters. The topological polar surface area (TPSA) is 48.4 Å². The van der Waals surface area contributed by atoms with Gasteiger partial charge in [-0.1, -0.05) is 19.9 Å². The Morgan fingerprint density at radius 3 is 2.50 bits per heavy atom. The summed E-state index contributed by atoms with van der Waals surface area (Å²) >= 11 is 0. The second-order valence-electron chi connectivity index (χ2n) is 10.2. The van der Waals surface area contributed by atoms with Gasteiger partial charge in [0.2, 0.25) is 0 Å². The number of anilines is 1. The number of piperazine rings is 1. The van der Waals surface area contributed by atoms with E-state index >= 15 is 0 Å². The molecular weight excluding hydrogens is 448 g/mol. The van der Waals surface area contributed by atoms with E-state index in [1.807, 2.05) is 37.2 Å². The van der Waals surface area contributed by atoms with Gasteiger partial charge < -0.3 is 14.5 Å². The third-order valence-corrected chi connectivity index (χ3v) is 7.40. The smallest absolute Gasteiger partial charge is 0.154 e. The standard InChI is InChI=1S/C30H44N4O2/c1-9-21(3)30(22(4)17-25(10-2)34-16-15-33-14-13-26(33)20-34)31-27(18-23(5)35)24-11-12-29(36-8)28(19-24)32(6)7/h10-12,17-19,21,26H,9,13-16,20H2,1-8H3/b22-17-,25-10+,27-18-,31-30-. The molecule has 2 heterocycles. The molecule has 6 heteroatoms. The summed E-state index contributed by atoms with van der Waals surface area (Å²) in [6.45, 7) is 14.8. The molecule has 0 saturated carbocycles. The highest BCUT2D eigenvalue weighted by atomic mass is 16.5. The Morgan fingerprint density at radius 1 is 1.22 bits per heavy atom. The Hall–Kier alpha value is -2.86. The molecule has 36 heavy (non-hydrogen) atoms. The number of benzene rings is 1. The van der Waals surface area contributed by atoms with Crippen molar-refractivity contribution in [2.75, 3.05) is 52.3 Å². The monoisotopic (exact) mass is 492 g/mol. The third kappa shape index (κ3) is 6.47. The first-order chi connectivity index (χ1) is 17.2. The lowest BCUT2D eigenvalue weighted by molar-refractivity contribution is -0.112. The molecule has 2 aliphatic rings. The van der Waals surface area contributed by atoms with Gasteiger partial charge in [0.05, 0.1) is 18.5 Å². The van der Waals surface area contributed by atoms with Crippen molar-refractivity contribution >= 4 is 22.9 Å². The highest BCUT2D eigenvalue weighted by Gasteiger charge is 2.33. The normalized spacial score (nSPS) is 20.6. The molecule has 196 valence electrons. The Morgan fingerprint density at radius 2 is 1.97 bits per heavy atom. The van der Waals surface area contributed by atoms with E-state index in [9.17, 15) is 4.79 Å². The van der Waals surface area contributed by atoms with Crippen LogP contribution in [0.1, 0.15) is 53.0 Å². The van der Waals surface area contributed by atoms with Crippen LogP contribution in [-0.2, 0) is 4.79 Å². The van der Waals surface area contributed by atoms with Crippen molar-refractivity contribution in [1.82, 2.24) is 9.80 Å². The van der Waals surface area contributed by atoms with Gasteiger partial charge in [-0.25, -0.2) is 0 Å². The highest BCUT2D eigenvalue weighted by Crippen LogP contribution is 2.32. The molecule has 0 aliphatic carbocycles. The van der Waals surface area contributed by atoms with E-state index in [0.717, 1.165) is 54.3 Å². The lowest BCUT2D eigenvalue weighted by atomic mass is 9.94. The molecule has 0 N–H and O–H groups in total. The van der Waals surface area contributed by atoms with Crippen LogP contribution < -0.4 is 9.64 Å². The zero-order chi connectivity index (χ0) is 26.4. The summed E-state index contributed by atoms with van der Waals surface area (Å²) in [5.41, 5.74) is 5.95. The maximum atomic E-state index is 12.2. The molecule has 1 aromatic carbocycles. The molecule has 6 nitrogen and oxygen atoms in total. The molecule has 3 rings (SSSR count). The number of aliphatic imine (C=N–C) groups is 1. The van der Waals surface area contributed by atoms with Gasteiger partial charge in [0, 0.05) is 69.4 Å². The van der Waals surface area contributed by atoms with Gasteiger partial charge in [0.15, 0.2) is 5.78 Å². The first kappa shape index (κ1) is 27.7. The van der Waals surface area contributed by atoms with E-state index in [0.29, 0.717) is 11.7 Å². The number of ketones is 1. The molecule has 2 fully saturated rings. The number of carbonyl (C=O) groups excluding carboxylic acids is 1. The second-order valence-corrected chi connectivity index (χ2v) is 10.2. The molecule has 0 aromatic heterocycles. The minimum atomic E-state index is -0.0198. The second kappa shape index (κ2) is 12.4. The summed E-state index contributed by atoms with van der Waals surface area (Å²) in [4.78, 5) is 24.5.